The van der Waals surface area contributed by atoms with Crippen LogP contribution in [0.1, 0.15) is 59.7 Å². The Kier molecular flexibility index (Phi) is 12.7. The Morgan fingerprint density at radius 3 is 2.29 bits per heavy atom. The lowest BCUT2D eigenvalue weighted by Crippen LogP contribution is -2.08. The molecule has 5 nitrogen and oxygen atoms in total. The van der Waals surface area contributed by atoms with Crippen LogP contribution in [0.4, 0.5) is 4.39 Å². The highest BCUT2D eigenvalue weighted by atomic mass is 35.5. The van der Waals surface area contributed by atoms with Crippen LogP contribution in [-0.4, -0.2) is 37.6 Å². The monoisotopic (exact) mass is 411 g/mol. The molecule has 0 aliphatic rings. The number of halogens is 2. The van der Waals surface area contributed by atoms with E-state index in [1.54, 1.807) is 13.2 Å². The number of nitrogens with zero attached hydrogens (tertiary/aromatic N) is 1. The molecular weight excluding hydrogens is 385 g/mol. The van der Waals surface area contributed by atoms with Gasteiger partial charge in [-0.1, -0.05) is 31.5 Å². The van der Waals surface area contributed by atoms with Crippen LogP contribution in [0, 0.1) is 5.82 Å². The number of ether oxygens (including phenoxy) is 2. The molecule has 0 N–H and O–H groups in total. The highest BCUT2D eigenvalue weighted by Gasteiger charge is 2.14. The van der Waals surface area contributed by atoms with Gasteiger partial charge in [-0.25, -0.2) is 9.18 Å². The number of pyridine rings is 1. The van der Waals surface area contributed by atoms with Gasteiger partial charge in [0, 0.05) is 13.3 Å². The van der Waals surface area contributed by atoms with Gasteiger partial charge in [-0.05, 0) is 49.6 Å². The van der Waals surface area contributed by atoms with E-state index in [4.69, 9.17) is 16.3 Å². The third-order valence-corrected chi connectivity index (χ3v) is 3.65. The molecule has 0 radical (unpaired) electrons. The number of esters is 1. The van der Waals surface area contributed by atoms with Gasteiger partial charge in [0.2, 0.25) is 0 Å². The summed E-state index contributed by atoms with van der Waals surface area (Å²) in [6, 6.07) is 5.89. The molecule has 7 heteroatoms. The molecule has 0 atom stereocenters. The Morgan fingerprint density at radius 2 is 1.82 bits per heavy atom. The summed E-state index contributed by atoms with van der Waals surface area (Å²) in [6.07, 6.45) is 2.75. The second-order valence-corrected chi connectivity index (χ2v) is 6.00. The minimum atomic E-state index is -0.636. The first-order valence-electron chi connectivity index (χ1n) is 8.81. The first-order chi connectivity index (χ1) is 13.3. The smallest absolute Gasteiger partial charge is 0.340 e. The number of methoxy groups -OCH3 is 2. The zero-order valence-corrected chi connectivity index (χ0v) is 17.8. The van der Waals surface area contributed by atoms with Crippen LogP contribution in [0.2, 0.25) is 5.02 Å². The number of aromatic nitrogens is 1. The average molecular weight is 412 g/mol. The summed E-state index contributed by atoms with van der Waals surface area (Å²) in [5, 5.41) is 0.0261. The van der Waals surface area contributed by atoms with E-state index in [1.807, 2.05) is 27.7 Å². The molecule has 2 rings (SSSR count). The molecule has 1 heterocycles. The van der Waals surface area contributed by atoms with Crippen molar-refractivity contribution >= 4 is 23.9 Å². The number of aldehydes is 1. The quantitative estimate of drug-likeness (QED) is 0.504. The second-order valence-electron chi connectivity index (χ2n) is 5.60. The van der Waals surface area contributed by atoms with Crippen molar-refractivity contribution in [2.24, 2.45) is 0 Å². The van der Waals surface area contributed by atoms with E-state index in [0.29, 0.717) is 24.4 Å². The molecular formula is C21H27ClFNO4. The van der Waals surface area contributed by atoms with Gasteiger partial charge in [-0.3, -0.25) is 9.78 Å². The van der Waals surface area contributed by atoms with Crippen LogP contribution in [0.5, 0.6) is 0 Å². The van der Waals surface area contributed by atoms with Crippen LogP contribution >= 0.6 is 11.6 Å². The van der Waals surface area contributed by atoms with Crippen LogP contribution in [-0.2, 0) is 15.9 Å². The number of benzene rings is 1. The maximum absolute atomic E-state index is 13.1. The SMILES string of the molecule is CC.COC(=O)c1cc(Cc2ccc(F)c(Cl)c2)cnc1C=O.COC(C)C. The number of carbonyl (C=O) groups is 2. The van der Waals surface area contributed by atoms with Crippen LogP contribution < -0.4 is 0 Å². The number of hydrogen-bond donors (Lipinski definition) is 0. The largest absolute Gasteiger partial charge is 0.465 e. The molecule has 154 valence electrons. The van der Waals surface area contributed by atoms with Crippen molar-refractivity contribution in [3.8, 4) is 0 Å². The first-order valence-corrected chi connectivity index (χ1v) is 9.19. The van der Waals surface area contributed by atoms with Crippen molar-refractivity contribution in [2.45, 2.75) is 40.2 Å². The predicted octanol–water partition coefficient (Wildman–Crippen LogP) is 5.13. The average Bonchev–Trinajstić information content (AvgIpc) is 2.72. The third-order valence-electron chi connectivity index (χ3n) is 3.36. The summed E-state index contributed by atoms with van der Waals surface area (Å²) in [7, 11) is 2.92. The molecule has 2 aromatic rings. The number of rotatable bonds is 5. The van der Waals surface area contributed by atoms with Gasteiger partial charge in [0.1, 0.15) is 11.5 Å². The predicted molar refractivity (Wildman–Crippen MR) is 109 cm³/mol. The maximum Gasteiger partial charge on any atom is 0.340 e. The van der Waals surface area contributed by atoms with Crippen molar-refractivity contribution in [1.82, 2.24) is 4.98 Å². The van der Waals surface area contributed by atoms with E-state index < -0.39 is 11.8 Å². The van der Waals surface area contributed by atoms with Gasteiger partial charge in [0.15, 0.2) is 6.29 Å². The molecule has 0 spiro atoms. The lowest BCUT2D eigenvalue weighted by atomic mass is 10.0. The van der Waals surface area contributed by atoms with E-state index in [1.165, 1.54) is 31.5 Å². The second kappa shape index (κ2) is 13.8. The summed E-state index contributed by atoms with van der Waals surface area (Å²) in [5.41, 5.74) is 1.56. The molecule has 0 aliphatic carbocycles. The van der Waals surface area contributed by atoms with E-state index >= 15 is 0 Å². The molecule has 0 saturated heterocycles. The highest BCUT2D eigenvalue weighted by molar-refractivity contribution is 6.30. The summed E-state index contributed by atoms with van der Waals surface area (Å²) >= 11 is 5.72. The number of carbonyl (C=O) groups excluding carboxylic acids is 2. The normalized spacial score (nSPS) is 9.61. The molecule has 0 aliphatic heterocycles. The molecule has 0 unspecified atom stereocenters. The van der Waals surface area contributed by atoms with Crippen molar-refractivity contribution in [1.29, 1.82) is 0 Å². The van der Waals surface area contributed by atoms with E-state index in [2.05, 4.69) is 9.72 Å². The van der Waals surface area contributed by atoms with Gasteiger partial charge in [0.25, 0.3) is 0 Å². The Balaban J connectivity index is 0.000000906. The van der Waals surface area contributed by atoms with Crippen molar-refractivity contribution in [3.63, 3.8) is 0 Å². The van der Waals surface area contributed by atoms with Gasteiger partial charge in [-0.15, -0.1) is 0 Å². The van der Waals surface area contributed by atoms with Crippen LogP contribution in [0.15, 0.2) is 30.5 Å². The lowest BCUT2D eigenvalue weighted by Gasteiger charge is -2.07. The summed E-state index contributed by atoms with van der Waals surface area (Å²) in [5.74, 6) is -1.13. The lowest BCUT2D eigenvalue weighted by molar-refractivity contribution is 0.0597. The molecule has 28 heavy (non-hydrogen) atoms. The zero-order valence-electron chi connectivity index (χ0n) is 17.1. The summed E-state index contributed by atoms with van der Waals surface area (Å²) < 4.78 is 22.5. The van der Waals surface area contributed by atoms with E-state index in [-0.39, 0.29) is 16.3 Å². The Hall–Kier alpha value is -2.31. The van der Waals surface area contributed by atoms with Gasteiger partial charge < -0.3 is 9.47 Å². The molecule has 1 aromatic carbocycles. The highest BCUT2D eigenvalue weighted by Crippen LogP contribution is 2.19. The van der Waals surface area contributed by atoms with Crippen LogP contribution in [0.25, 0.3) is 0 Å². The molecule has 1 aromatic heterocycles. The third kappa shape index (κ3) is 8.59. The molecule has 0 bridgehead atoms. The van der Waals surface area contributed by atoms with Gasteiger partial charge in [-0.2, -0.15) is 0 Å². The Labute approximate surface area is 170 Å². The summed E-state index contributed by atoms with van der Waals surface area (Å²) in [4.78, 5) is 26.4. The fourth-order valence-electron chi connectivity index (χ4n) is 1.87. The number of hydrogen-bond acceptors (Lipinski definition) is 5. The van der Waals surface area contributed by atoms with Crippen molar-refractivity contribution in [2.75, 3.05) is 14.2 Å². The molecule has 0 saturated carbocycles. The Bertz CT molecular complexity index is 766. The maximum atomic E-state index is 13.1. The van der Waals surface area contributed by atoms with Crippen molar-refractivity contribution in [3.05, 3.63) is 63.7 Å². The van der Waals surface area contributed by atoms with Crippen molar-refractivity contribution < 1.29 is 23.5 Å². The summed E-state index contributed by atoms with van der Waals surface area (Å²) in [6.45, 7) is 8.00. The first kappa shape index (κ1) is 25.7. The molecule has 0 amide bonds. The zero-order chi connectivity index (χ0) is 21.7. The molecule has 0 fully saturated rings. The van der Waals surface area contributed by atoms with E-state index in [0.717, 1.165) is 5.56 Å². The fraction of sp³-hybridized carbons (Fsp3) is 0.381. The topological polar surface area (TPSA) is 65.5 Å². The Morgan fingerprint density at radius 1 is 1.21 bits per heavy atom. The minimum absolute atomic E-state index is 0.0164. The van der Waals surface area contributed by atoms with Gasteiger partial charge >= 0.3 is 5.97 Å². The van der Waals surface area contributed by atoms with Gasteiger partial charge in [0.05, 0.1) is 23.8 Å². The minimum Gasteiger partial charge on any atom is -0.465 e. The van der Waals surface area contributed by atoms with Crippen LogP contribution in [0.3, 0.4) is 0 Å². The standard InChI is InChI=1S/C15H11ClFNO3.C4H10O.C2H6/c1-21-15(20)11-5-10(7-18-14(11)8-19)4-9-2-3-13(17)12(16)6-9;1-4(2)5-3;1-2/h2-3,5-8H,4H2,1H3;4H,1-3H3;1-2H3. The fourth-order valence-corrected chi connectivity index (χ4v) is 2.07. The van der Waals surface area contributed by atoms with E-state index in [9.17, 15) is 14.0 Å².